The van der Waals surface area contributed by atoms with Gasteiger partial charge in [0.15, 0.2) is 5.11 Å². The molecule has 1 aliphatic rings. The second-order valence-electron chi connectivity index (χ2n) is 4.45. The maximum atomic E-state index is 5.42. The minimum atomic E-state index is 0.834. The van der Waals surface area contributed by atoms with E-state index in [-0.39, 0.29) is 0 Å². The van der Waals surface area contributed by atoms with E-state index in [0.29, 0.717) is 0 Å². The van der Waals surface area contributed by atoms with Gasteiger partial charge in [0.05, 0.1) is 5.88 Å². The first-order valence-corrected chi connectivity index (χ1v) is 8.29. The molecular weight excluding hydrogens is 274 g/mol. The average molecular weight is 295 g/mol. The highest BCUT2D eigenvalue weighted by atomic mass is 32.2. The van der Waals surface area contributed by atoms with Crippen molar-refractivity contribution in [3.63, 3.8) is 0 Å². The van der Waals surface area contributed by atoms with E-state index in [1.165, 1.54) is 11.4 Å². The van der Waals surface area contributed by atoms with Crippen molar-refractivity contribution >= 4 is 40.5 Å². The van der Waals surface area contributed by atoms with E-state index in [4.69, 9.17) is 12.2 Å². The molecule has 0 saturated carbocycles. The van der Waals surface area contributed by atoms with E-state index in [0.717, 1.165) is 36.3 Å². The number of hydrogen-bond acceptors (Lipinski definition) is 3. The van der Waals surface area contributed by atoms with E-state index in [2.05, 4.69) is 53.2 Å². The molecule has 3 nitrogen and oxygen atoms in total. The van der Waals surface area contributed by atoms with Crippen molar-refractivity contribution < 1.29 is 0 Å². The number of benzene rings is 1. The predicted octanol–water partition coefficient (Wildman–Crippen LogP) is 3.24. The summed E-state index contributed by atoms with van der Waals surface area (Å²) < 4.78 is 0. The highest BCUT2D eigenvalue weighted by Gasteiger charge is 2.14. The van der Waals surface area contributed by atoms with Crippen LogP contribution in [0.2, 0.25) is 0 Å². The highest BCUT2D eigenvalue weighted by molar-refractivity contribution is 7.99. The summed E-state index contributed by atoms with van der Waals surface area (Å²) in [7, 11) is 0. The predicted molar refractivity (Wildman–Crippen MR) is 90.3 cm³/mol. The van der Waals surface area contributed by atoms with Gasteiger partial charge < -0.3 is 15.1 Å². The Morgan fingerprint density at radius 3 is 2.53 bits per heavy atom. The molecule has 2 rings (SSSR count). The first kappa shape index (κ1) is 14.5. The molecule has 1 aliphatic heterocycles. The number of nitrogens with one attached hydrogen (secondary N) is 1. The number of anilines is 2. The number of rotatable bonds is 4. The second-order valence-corrected chi connectivity index (χ2v) is 5.91. The molecule has 5 heteroatoms. The molecule has 0 atom stereocenters. The van der Waals surface area contributed by atoms with Crippen LogP contribution < -0.4 is 10.2 Å². The summed E-state index contributed by atoms with van der Waals surface area (Å²) in [6, 6.07) is 8.50. The van der Waals surface area contributed by atoms with Gasteiger partial charge in [0, 0.05) is 36.8 Å². The van der Waals surface area contributed by atoms with Crippen molar-refractivity contribution in [2.75, 3.05) is 41.5 Å². The molecule has 1 fully saturated rings. The molecule has 1 N–H and O–H groups in total. The first-order valence-electron chi connectivity index (χ1n) is 6.73. The maximum absolute atomic E-state index is 5.42. The van der Waals surface area contributed by atoms with Gasteiger partial charge in [-0.05, 0) is 50.3 Å². The minimum absolute atomic E-state index is 0.834. The first-order chi connectivity index (χ1) is 9.24. The second kappa shape index (κ2) is 7.01. The molecule has 0 unspecified atom stereocenters. The Balaban J connectivity index is 1.96. The van der Waals surface area contributed by atoms with Crippen LogP contribution in [0.3, 0.4) is 0 Å². The Kier molecular flexibility index (Phi) is 5.34. The Hall–Kier alpha value is -0.940. The van der Waals surface area contributed by atoms with Crippen LogP contribution in [0.15, 0.2) is 24.3 Å². The summed E-state index contributed by atoms with van der Waals surface area (Å²) in [4.78, 5) is 4.54. The van der Waals surface area contributed by atoms with Gasteiger partial charge in [0.25, 0.3) is 0 Å². The van der Waals surface area contributed by atoms with E-state index in [9.17, 15) is 0 Å². The van der Waals surface area contributed by atoms with Gasteiger partial charge >= 0.3 is 0 Å². The number of thioether (sulfide) groups is 1. The fourth-order valence-corrected chi connectivity index (χ4v) is 3.43. The van der Waals surface area contributed by atoms with Gasteiger partial charge in [0.2, 0.25) is 0 Å². The maximum Gasteiger partial charge on any atom is 0.174 e. The quantitative estimate of drug-likeness (QED) is 0.857. The average Bonchev–Trinajstić information content (AvgIpc) is 2.96. The molecule has 1 heterocycles. The largest absolute Gasteiger partial charge is 0.372 e. The van der Waals surface area contributed by atoms with E-state index < -0.39 is 0 Å². The van der Waals surface area contributed by atoms with Crippen molar-refractivity contribution in [2.45, 2.75) is 13.8 Å². The summed E-state index contributed by atoms with van der Waals surface area (Å²) in [6.45, 7) is 7.47. The molecule has 0 spiro atoms. The number of thiocarbonyl (C=S) groups is 1. The van der Waals surface area contributed by atoms with Crippen molar-refractivity contribution in [1.82, 2.24) is 4.90 Å². The van der Waals surface area contributed by atoms with E-state index >= 15 is 0 Å². The summed E-state index contributed by atoms with van der Waals surface area (Å²) in [6.07, 6.45) is 0. The van der Waals surface area contributed by atoms with Gasteiger partial charge in [0.1, 0.15) is 0 Å². The topological polar surface area (TPSA) is 18.5 Å². The summed E-state index contributed by atoms with van der Waals surface area (Å²) in [5, 5.41) is 4.15. The van der Waals surface area contributed by atoms with Crippen LogP contribution in [0.1, 0.15) is 13.8 Å². The molecule has 1 saturated heterocycles. The molecule has 0 aromatic heterocycles. The van der Waals surface area contributed by atoms with Gasteiger partial charge in [-0.15, -0.1) is 11.8 Å². The van der Waals surface area contributed by atoms with Crippen LogP contribution in [0.5, 0.6) is 0 Å². The lowest BCUT2D eigenvalue weighted by molar-refractivity contribution is 0.552. The summed E-state index contributed by atoms with van der Waals surface area (Å²) in [5.41, 5.74) is 2.33. The van der Waals surface area contributed by atoms with Crippen molar-refractivity contribution in [2.24, 2.45) is 0 Å². The molecule has 0 amide bonds. The molecule has 0 aliphatic carbocycles. The zero-order valence-corrected chi connectivity index (χ0v) is 13.2. The van der Waals surface area contributed by atoms with E-state index in [1.807, 2.05) is 11.8 Å². The third kappa shape index (κ3) is 3.76. The monoisotopic (exact) mass is 295 g/mol. The summed E-state index contributed by atoms with van der Waals surface area (Å²) >= 11 is 7.34. The molecule has 1 aromatic carbocycles. The van der Waals surface area contributed by atoms with Crippen LogP contribution >= 0.6 is 24.0 Å². The van der Waals surface area contributed by atoms with Crippen LogP contribution in [-0.2, 0) is 0 Å². The van der Waals surface area contributed by atoms with Crippen LogP contribution in [0.4, 0.5) is 11.4 Å². The van der Waals surface area contributed by atoms with Crippen LogP contribution in [-0.4, -0.2) is 41.3 Å². The van der Waals surface area contributed by atoms with Crippen molar-refractivity contribution in [3.05, 3.63) is 24.3 Å². The molecule has 1 aromatic rings. The smallest absolute Gasteiger partial charge is 0.174 e. The zero-order chi connectivity index (χ0) is 13.7. The Morgan fingerprint density at radius 1 is 1.32 bits per heavy atom. The molecule has 0 bridgehead atoms. The lowest BCUT2D eigenvalue weighted by Gasteiger charge is -2.22. The Morgan fingerprint density at radius 2 is 2.00 bits per heavy atom. The SMILES string of the molecule is CCN(CC)c1ccc(NC(=S)N2CCSC2)cc1. The van der Waals surface area contributed by atoms with Gasteiger partial charge in [-0.1, -0.05) is 0 Å². The highest BCUT2D eigenvalue weighted by Crippen LogP contribution is 2.19. The Labute approximate surface area is 125 Å². The minimum Gasteiger partial charge on any atom is -0.372 e. The molecule has 0 radical (unpaired) electrons. The van der Waals surface area contributed by atoms with Crippen LogP contribution in [0, 0.1) is 0 Å². The number of hydrogen-bond donors (Lipinski definition) is 1. The molecule has 19 heavy (non-hydrogen) atoms. The van der Waals surface area contributed by atoms with Crippen LogP contribution in [0.25, 0.3) is 0 Å². The Bertz CT molecular complexity index is 409. The number of nitrogens with zero attached hydrogens (tertiary/aromatic N) is 2. The lowest BCUT2D eigenvalue weighted by atomic mass is 10.2. The standard InChI is InChI=1S/C14H21N3S2/c1-3-16(4-2)13-7-5-12(6-8-13)15-14(18)17-9-10-19-11-17/h5-8H,3-4,9-11H2,1-2H3,(H,15,18). The van der Waals surface area contributed by atoms with Crippen molar-refractivity contribution in [3.8, 4) is 0 Å². The fourth-order valence-electron chi connectivity index (χ4n) is 2.12. The molecule has 104 valence electrons. The summed E-state index contributed by atoms with van der Waals surface area (Å²) in [5.74, 6) is 2.17. The zero-order valence-electron chi connectivity index (χ0n) is 11.6. The normalized spacial score (nSPS) is 14.5. The van der Waals surface area contributed by atoms with Gasteiger partial charge in [-0.25, -0.2) is 0 Å². The fraction of sp³-hybridized carbons (Fsp3) is 0.500. The lowest BCUT2D eigenvalue weighted by Crippen LogP contribution is -2.32. The molecular formula is C14H21N3S2. The van der Waals surface area contributed by atoms with Gasteiger partial charge in [-0.3, -0.25) is 0 Å². The van der Waals surface area contributed by atoms with Gasteiger partial charge in [-0.2, -0.15) is 0 Å². The van der Waals surface area contributed by atoms with E-state index in [1.54, 1.807) is 0 Å². The van der Waals surface area contributed by atoms with Crippen molar-refractivity contribution in [1.29, 1.82) is 0 Å². The third-order valence-electron chi connectivity index (χ3n) is 3.29. The third-order valence-corrected chi connectivity index (χ3v) is 4.61.